The van der Waals surface area contributed by atoms with Crippen LogP contribution in [0, 0.1) is 0 Å². The van der Waals surface area contributed by atoms with Crippen molar-refractivity contribution in [2.75, 3.05) is 39.3 Å². The standard InChI is InChI=1S/C8H18N3/c9-3-1-6-11-7-2-4-10-5-8-11/h9-10H,1-8H2. The summed E-state index contributed by atoms with van der Waals surface area (Å²) in [6.07, 6.45) is 2.29. The SMILES string of the molecule is [NH]CCCN1CCCNCC1. The third-order valence-electron chi connectivity index (χ3n) is 2.08. The Bertz CT molecular complexity index is 87.3. The maximum absolute atomic E-state index is 7.03. The molecular weight excluding hydrogens is 138 g/mol. The Kier molecular flexibility index (Phi) is 4.50. The lowest BCUT2D eigenvalue weighted by atomic mass is 10.3. The van der Waals surface area contributed by atoms with E-state index in [4.69, 9.17) is 5.73 Å². The monoisotopic (exact) mass is 156 g/mol. The zero-order chi connectivity index (χ0) is 7.94. The maximum atomic E-state index is 7.03. The summed E-state index contributed by atoms with van der Waals surface area (Å²) in [4.78, 5) is 2.45. The molecule has 65 valence electrons. The highest BCUT2D eigenvalue weighted by Crippen LogP contribution is 1.95. The highest BCUT2D eigenvalue weighted by atomic mass is 15.1. The molecule has 1 saturated heterocycles. The summed E-state index contributed by atoms with van der Waals surface area (Å²) in [6, 6.07) is 0. The summed E-state index contributed by atoms with van der Waals surface area (Å²) in [5.41, 5.74) is 7.03. The van der Waals surface area contributed by atoms with Gasteiger partial charge in [-0.25, -0.2) is 0 Å². The molecule has 1 heterocycles. The van der Waals surface area contributed by atoms with E-state index < -0.39 is 0 Å². The molecule has 0 amide bonds. The summed E-state index contributed by atoms with van der Waals surface area (Å²) in [5, 5.41) is 3.37. The van der Waals surface area contributed by atoms with E-state index >= 15 is 0 Å². The van der Waals surface area contributed by atoms with Crippen molar-refractivity contribution in [2.45, 2.75) is 12.8 Å². The molecule has 2 N–H and O–H groups in total. The fourth-order valence-electron chi connectivity index (χ4n) is 1.43. The second-order valence-corrected chi connectivity index (χ2v) is 3.05. The van der Waals surface area contributed by atoms with E-state index in [1.165, 1.54) is 19.5 Å². The minimum absolute atomic E-state index is 0.573. The summed E-state index contributed by atoms with van der Waals surface area (Å²) >= 11 is 0. The topological polar surface area (TPSA) is 39.1 Å². The largest absolute Gasteiger partial charge is 0.315 e. The molecule has 0 saturated carbocycles. The molecule has 0 spiro atoms. The molecule has 0 atom stereocenters. The van der Waals surface area contributed by atoms with Gasteiger partial charge in [-0.05, 0) is 32.5 Å². The first-order valence-electron chi connectivity index (χ1n) is 4.51. The molecule has 3 heteroatoms. The van der Waals surface area contributed by atoms with Crippen molar-refractivity contribution < 1.29 is 0 Å². The van der Waals surface area contributed by atoms with Crippen LogP contribution in [0.25, 0.3) is 0 Å². The fraction of sp³-hybridized carbons (Fsp3) is 1.00. The average molecular weight is 156 g/mol. The first-order chi connectivity index (χ1) is 5.43. The Morgan fingerprint density at radius 2 is 2.18 bits per heavy atom. The quantitative estimate of drug-likeness (QED) is 0.622. The molecule has 1 radical (unpaired) electrons. The van der Waals surface area contributed by atoms with Crippen LogP contribution in [0.3, 0.4) is 0 Å². The van der Waals surface area contributed by atoms with E-state index in [1.54, 1.807) is 0 Å². The van der Waals surface area contributed by atoms with Crippen LogP contribution < -0.4 is 11.1 Å². The molecule has 11 heavy (non-hydrogen) atoms. The molecule has 0 unspecified atom stereocenters. The third kappa shape index (κ3) is 3.70. The van der Waals surface area contributed by atoms with Gasteiger partial charge in [-0.1, -0.05) is 0 Å². The van der Waals surface area contributed by atoms with Gasteiger partial charge in [0.1, 0.15) is 0 Å². The van der Waals surface area contributed by atoms with E-state index in [9.17, 15) is 0 Å². The molecule has 1 rings (SSSR count). The molecule has 0 bridgehead atoms. The Hall–Kier alpha value is -0.120. The highest BCUT2D eigenvalue weighted by Gasteiger charge is 2.06. The van der Waals surface area contributed by atoms with Crippen molar-refractivity contribution in [3.05, 3.63) is 0 Å². The van der Waals surface area contributed by atoms with Crippen LogP contribution in [0.4, 0.5) is 0 Å². The molecule has 0 aliphatic carbocycles. The van der Waals surface area contributed by atoms with Gasteiger partial charge in [0.05, 0.1) is 0 Å². The zero-order valence-corrected chi connectivity index (χ0v) is 7.10. The summed E-state index contributed by atoms with van der Waals surface area (Å²) < 4.78 is 0. The average Bonchev–Trinajstić information content (AvgIpc) is 2.28. The van der Waals surface area contributed by atoms with Crippen molar-refractivity contribution in [1.82, 2.24) is 16.0 Å². The molecule has 0 aromatic carbocycles. The van der Waals surface area contributed by atoms with Crippen molar-refractivity contribution in [1.29, 1.82) is 0 Å². The van der Waals surface area contributed by atoms with Gasteiger partial charge in [0.25, 0.3) is 0 Å². The Labute approximate surface area is 68.9 Å². The van der Waals surface area contributed by atoms with Crippen LogP contribution in [0.1, 0.15) is 12.8 Å². The van der Waals surface area contributed by atoms with Gasteiger partial charge in [-0.2, -0.15) is 0 Å². The lowest BCUT2D eigenvalue weighted by molar-refractivity contribution is 0.290. The number of nitrogens with zero attached hydrogens (tertiary/aromatic N) is 1. The Morgan fingerprint density at radius 1 is 1.27 bits per heavy atom. The summed E-state index contributed by atoms with van der Waals surface area (Å²) in [7, 11) is 0. The fourth-order valence-corrected chi connectivity index (χ4v) is 1.43. The van der Waals surface area contributed by atoms with Crippen LogP contribution in [-0.2, 0) is 0 Å². The minimum Gasteiger partial charge on any atom is -0.315 e. The maximum Gasteiger partial charge on any atom is 0.0112 e. The zero-order valence-electron chi connectivity index (χ0n) is 7.10. The normalized spacial score (nSPS) is 21.5. The van der Waals surface area contributed by atoms with Gasteiger partial charge < -0.3 is 10.2 Å². The molecule has 1 fully saturated rings. The first kappa shape index (κ1) is 8.97. The summed E-state index contributed by atoms with van der Waals surface area (Å²) in [6.45, 7) is 6.36. The van der Waals surface area contributed by atoms with E-state index in [0.717, 1.165) is 26.1 Å². The predicted molar refractivity (Wildman–Crippen MR) is 46.5 cm³/mol. The Morgan fingerprint density at radius 3 is 3.00 bits per heavy atom. The first-order valence-corrected chi connectivity index (χ1v) is 4.51. The second kappa shape index (κ2) is 5.52. The number of rotatable bonds is 3. The molecule has 3 nitrogen and oxygen atoms in total. The molecular formula is C8H18N3. The minimum atomic E-state index is 0.573. The van der Waals surface area contributed by atoms with Gasteiger partial charge in [0, 0.05) is 19.6 Å². The molecule has 0 aromatic heterocycles. The van der Waals surface area contributed by atoms with Crippen LogP contribution in [-0.4, -0.2) is 44.2 Å². The smallest absolute Gasteiger partial charge is 0.0112 e. The third-order valence-corrected chi connectivity index (χ3v) is 2.08. The van der Waals surface area contributed by atoms with Crippen LogP contribution in [0.15, 0.2) is 0 Å². The van der Waals surface area contributed by atoms with E-state index in [-0.39, 0.29) is 0 Å². The van der Waals surface area contributed by atoms with Gasteiger partial charge in [-0.15, -0.1) is 0 Å². The second-order valence-electron chi connectivity index (χ2n) is 3.05. The van der Waals surface area contributed by atoms with E-state index in [2.05, 4.69) is 10.2 Å². The number of hydrogen-bond acceptors (Lipinski definition) is 2. The lowest BCUT2D eigenvalue weighted by Crippen LogP contribution is -2.29. The van der Waals surface area contributed by atoms with Crippen molar-refractivity contribution in [3.8, 4) is 0 Å². The number of hydrogen-bond donors (Lipinski definition) is 1. The van der Waals surface area contributed by atoms with E-state index in [1.807, 2.05) is 0 Å². The van der Waals surface area contributed by atoms with E-state index in [0.29, 0.717) is 6.54 Å². The van der Waals surface area contributed by atoms with Crippen molar-refractivity contribution in [3.63, 3.8) is 0 Å². The molecule has 1 aliphatic heterocycles. The van der Waals surface area contributed by atoms with Crippen molar-refractivity contribution >= 4 is 0 Å². The Balaban J connectivity index is 2.09. The lowest BCUT2D eigenvalue weighted by Gasteiger charge is -2.18. The van der Waals surface area contributed by atoms with Gasteiger partial charge >= 0.3 is 0 Å². The van der Waals surface area contributed by atoms with Crippen LogP contribution in [0.5, 0.6) is 0 Å². The van der Waals surface area contributed by atoms with Gasteiger partial charge in [0.2, 0.25) is 0 Å². The van der Waals surface area contributed by atoms with Crippen LogP contribution >= 0.6 is 0 Å². The van der Waals surface area contributed by atoms with Gasteiger partial charge in [0.15, 0.2) is 0 Å². The highest BCUT2D eigenvalue weighted by molar-refractivity contribution is 4.65. The van der Waals surface area contributed by atoms with Crippen LogP contribution in [0.2, 0.25) is 0 Å². The number of nitrogens with one attached hydrogen (secondary N) is 2. The van der Waals surface area contributed by atoms with Crippen molar-refractivity contribution in [2.24, 2.45) is 0 Å². The predicted octanol–water partition coefficient (Wildman–Crippen LogP) is -0.0453. The summed E-state index contributed by atoms with van der Waals surface area (Å²) in [5.74, 6) is 0. The van der Waals surface area contributed by atoms with Gasteiger partial charge in [-0.3, -0.25) is 5.73 Å². The molecule has 1 aliphatic rings. The molecule has 0 aromatic rings.